The Morgan fingerprint density at radius 3 is 1.48 bits per heavy atom. The third-order valence-electron chi connectivity index (χ3n) is 15.8. The number of carbonyl (C=O) groups is 8. The number of carbonyl (C=O) groups excluding carboxylic acids is 7. The van der Waals surface area contributed by atoms with E-state index in [4.69, 9.17) is 18.9 Å². The average Bonchev–Trinajstić information content (AvgIpc) is 0.799. The number of hydrogen-bond acceptors (Lipinski definition) is 20. The summed E-state index contributed by atoms with van der Waals surface area (Å²) in [6.07, 6.45) is -12.1. The van der Waals surface area contributed by atoms with Gasteiger partial charge in [-0.3, -0.25) is 33.6 Å². The lowest BCUT2D eigenvalue weighted by Crippen LogP contribution is -2.68. The fraction of sp³-hybridized carbons (Fsp3) is 0.441. The average molecular weight is 1320 g/mol. The minimum atomic E-state index is -2.46. The summed E-state index contributed by atoms with van der Waals surface area (Å²) in [5.74, 6) is -6.37. The molecule has 5 aromatic carbocycles. The van der Waals surface area contributed by atoms with Crippen LogP contribution in [0, 0.1) is 0 Å². The van der Waals surface area contributed by atoms with Crippen molar-refractivity contribution in [3.05, 3.63) is 156 Å². The molecular weight excluding hydrogens is 1240 g/mol. The van der Waals surface area contributed by atoms with Gasteiger partial charge in [0, 0.05) is 81.5 Å². The van der Waals surface area contributed by atoms with Crippen molar-refractivity contribution in [1.29, 1.82) is 0 Å². The van der Waals surface area contributed by atoms with Crippen LogP contribution in [0.5, 0.6) is 0 Å². The summed E-state index contributed by atoms with van der Waals surface area (Å²) in [7, 11) is 0. The highest BCUT2D eigenvalue weighted by molar-refractivity contribution is 7.99. The van der Waals surface area contributed by atoms with E-state index >= 15 is 0 Å². The second kappa shape index (κ2) is 35.9. The van der Waals surface area contributed by atoms with Crippen LogP contribution < -0.4 is 21.3 Å². The topological polar surface area (TPSA) is 363 Å². The van der Waals surface area contributed by atoms with E-state index in [2.05, 4.69) is 21.3 Å². The summed E-state index contributed by atoms with van der Waals surface area (Å²) >= 11 is 2.99. The molecule has 4 amide bonds. The second-order valence-corrected chi connectivity index (χ2v) is 25.3. The highest BCUT2D eigenvalue weighted by Gasteiger charge is 2.56. The molecule has 2 heterocycles. The van der Waals surface area contributed by atoms with E-state index in [1.165, 1.54) is 30.4 Å². The third-order valence-corrected chi connectivity index (χ3v) is 18.0. The van der Waals surface area contributed by atoms with E-state index in [0.29, 0.717) is 59.7 Å². The van der Waals surface area contributed by atoms with Gasteiger partial charge in [0.1, 0.15) is 30.2 Å². The SMILES string of the molecule is CC(=O)N[C@H]1[C@H]([C@H](O)[C@H](O)CNC(=O)c2ccc(-c3ccccc3)cc2)O[C@](C=O)(OCCCSCCC(=O)Cc2ccc(C(=O)CCCSCCCO[C@]3(C(=O)O)C[C@H](O)[C@@H](NC(C)=O)[C@H]([C@H](O)[C@H](O)CNC(=O)c4ccc(-c5ccccc5)cc4)O3)cc2)C[C@@H]1O. The summed E-state index contributed by atoms with van der Waals surface area (Å²) in [6.45, 7) is 1.25. The van der Waals surface area contributed by atoms with Crippen molar-refractivity contribution in [2.75, 3.05) is 49.3 Å². The molecule has 0 spiro atoms. The van der Waals surface area contributed by atoms with E-state index in [0.717, 1.165) is 34.7 Å². The molecule has 0 radical (unpaired) electrons. The molecule has 0 aliphatic carbocycles. The van der Waals surface area contributed by atoms with E-state index in [1.54, 1.807) is 72.8 Å². The van der Waals surface area contributed by atoms with Crippen LogP contribution in [0.1, 0.15) is 95.4 Å². The largest absolute Gasteiger partial charge is 0.477 e. The lowest BCUT2D eigenvalue weighted by atomic mass is 9.88. The van der Waals surface area contributed by atoms with Gasteiger partial charge in [0.15, 0.2) is 12.1 Å². The molecule has 0 aromatic heterocycles. The lowest BCUT2D eigenvalue weighted by Gasteiger charge is -2.46. The number of Topliss-reactive ketones (excluding diaryl/α,β-unsaturated/α-hetero) is 2. The number of hydrogen-bond donors (Lipinski definition) is 11. The molecule has 11 N–H and O–H groups in total. The van der Waals surface area contributed by atoms with Gasteiger partial charge in [-0.05, 0) is 88.6 Å². The van der Waals surface area contributed by atoms with Crippen LogP contribution in [0.15, 0.2) is 133 Å². The smallest absolute Gasteiger partial charge is 0.364 e. The van der Waals surface area contributed by atoms with Crippen molar-refractivity contribution in [3.8, 4) is 22.3 Å². The number of nitrogens with one attached hydrogen (secondary N) is 4. The van der Waals surface area contributed by atoms with Gasteiger partial charge in [-0.15, -0.1) is 0 Å². The van der Waals surface area contributed by atoms with Crippen LogP contribution in [-0.4, -0.2) is 205 Å². The van der Waals surface area contributed by atoms with Crippen molar-refractivity contribution >= 4 is 71.0 Å². The highest BCUT2D eigenvalue weighted by atomic mass is 32.2. The van der Waals surface area contributed by atoms with Gasteiger partial charge in [0.05, 0.1) is 49.7 Å². The molecule has 500 valence electrons. The number of amides is 4. The first-order valence-corrected chi connectivity index (χ1v) is 33.0. The molecule has 0 saturated carbocycles. The molecule has 2 aliphatic rings. The van der Waals surface area contributed by atoms with Crippen LogP contribution in [-0.2, 0) is 49.3 Å². The zero-order chi connectivity index (χ0) is 67.1. The van der Waals surface area contributed by atoms with Crippen molar-refractivity contribution in [3.63, 3.8) is 0 Å². The maximum Gasteiger partial charge on any atom is 0.364 e. The Balaban J connectivity index is 0.765. The van der Waals surface area contributed by atoms with Crippen LogP contribution in [0.4, 0.5) is 0 Å². The number of rotatable bonds is 36. The zero-order valence-corrected chi connectivity index (χ0v) is 53.3. The van der Waals surface area contributed by atoms with Gasteiger partial charge < -0.3 is 76.0 Å². The molecule has 12 atom stereocenters. The number of ketones is 2. The van der Waals surface area contributed by atoms with E-state index in [1.807, 2.05) is 60.7 Å². The monoisotopic (exact) mass is 1320 g/mol. The first-order valence-electron chi connectivity index (χ1n) is 30.7. The predicted octanol–water partition coefficient (Wildman–Crippen LogP) is 4.05. The summed E-state index contributed by atoms with van der Waals surface area (Å²) in [4.78, 5) is 101. The highest BCUT2D eigenvalue weighted by Crippen LogP contribution is 2.35. The second-order valence-electron chi connectivity index (χ2n) is 22.9. The Bertz CT molecular complexity index is 3260. The van der Waals surface area contributed by atoms with Crippen molar-refractivity contribution in [2.45, 2.75) is 138 Å². The summed E-state index contributed by atoms with van der Waals surface area (Å²) < 4.78 is 23.5. The Labute approximate surface area is 547 Å². The number of benzene rings is 5. The van der Waals surface area contributed by atoms with Crippen molar-refractivity contribution in [2.24, 2.45) is 0 Å². The Morgan fingerprint density at radius 1 is 0.559 bits per heavy atom. The number of ether oxygens (including phenoxy) is 4. The Morgan fingerprint density at radius 2 is 1.00 bits per heavy atom. The maximum absolute atomic E-state index is 13.1. The molecule has 7 rings (SSSR count). The number of aliphatic carboxylic acids is 1. The maximum atomic E-state index is 13.1. The fourth-order valence-corrected chi connectivity index (χ4v) is 12.6. The molecule has 5 aromatic rings. The Kier molecular flexibility index (Phi) is 28.2. The van der Waals surface area contributed by atoms with Crippen LogP contribution >= 0.6 is 23.5 Å². The zero-order valence-electron chi connectivity index (χ0n) is 51.7. The van der Waals surface area contributed by atoms with Gasteiger partial charge in [-0.2, -0.15) is 23.5 Å². The number of aliphatic hydroxyl groups is 6. The van der Waals surface area contributed by atoms with E-state index in [9.17, 15) is 74.1 Å². The van der Waals surface area contributed by atoms with Gasteiger partial charge in [-0.1, -0.05) is 109 Å². The number of thioether (sulfide) groups is 2. The standard InChI is InChI=1S/C68H82N4O19S2/c1-42(74)71-58-54(78)37-67(41-73,90-62(58)60(82)56(80)39-69-64(84)50-25-21-47(22-26-50)45-12-5-3-6-13-45)88-30-10-34-93-35-29-52(76)36-44-17-19-49(20-18-44)53(77)16-9-32-92-33-11-31-89-68(66(86)87)38-55(79)59(72-43(2)75)63(91-68)61(83)57(81)40-70-65(85)51-27-23-48(24-28-51)46-14-7-4-8-15-46/h3-8,12-15,17-28,41,54-63,78-83H,9-11,16,29-40H2,1-2H3,(H,69,84)(H,70,85)(H,71,74)(H,72,75)(H,86,87)/t54-,55-,56+,57+,58+,59+,60+,61+,62+,63+,67+,68+/m0/s1. The van der Waals surface area contributed by atoms with E-state index < -0.39 is 128 Å². The molecule has 0 bridgehead atoms. The summed E-state index contributed by atoms with van der Waals surface area (Å²) in [5.41, 5.74) is 5.50. The van der Waals surface area contributed by atoms with Gasteiger partial charge in [0.25, 0.3) is 17.6 Å². The Hall–Kier alpha value is -7.24. The normalized spacial score (nSPS) is 22.5. The summed E-state index contributed by atoms with van der Waals surface area (Å²) in [6, 6.07) is 36.9. The molecule has 2 saturated heterocycles. The predicted molar refractivity (Wildman–Crippen MR) is 347 cm³/mol. The van der Waals surface area contributed by atoms with Crippen LogP contribution in [0.25, 0.3) is 22.3 Å². The van der Waals surface area contributed by atoms with Gasteiger partial charge in [-0.25, -0.2) is 4.79 Å². The molecule has 25 heteroatoms. The molecular formula is C68H82N4O19S2. The molecule has 2 fully saturated rings. The minimum Gasteiger partial charge on any atom is -0.477 e. The van der Waals surface area contributed by atoms with Crippen molar-refractivity contribution in [1.82, 2.24) is 21.3 Å². The van der Waals surface area contributed by atoms with Gasteiger partial charge >= 0.3 is 5.97 Å². The number of carboxylic acids is 1. The molecule has 2 aliphatic heterocycles. The van der Waals surface area contributed by atoms with Gasteiger partial charge in [0.2, 0.25) is 17.6 Å². The number of aliphatic hydroxyl groups excluding tert-OH is 6. The molecule has 0 unspecified atom stereocenters. The fourth-order valence-electron chi connectivity index (χ4n) is 10.8. The van der Waals surface area contributed by atoms with Crippen molar-refractivity contribution < 1.29 is 93.0 Å². The first kappa shape index (κ1) is 73.2. The summed E-state index contributed by atoms with van der Waals surface area (Å²) in [5, 5.41) is 87.4. The number of aldehydes is 1. The van der Waals surface area contributed by atoms with Crippen LogP contribution in [0.2, 0.25) is 0 Å². The minimum absolute atomic E-state index is 0.0145. The molecule has 23 nitrogen and oxygen atoms in total. The lowest BCUT2D eigenvalue weighted by molar-refractivity contribution is -0.310. The number of carboxylic acid groups (broad SMARTS) is 1. The van der Waals surface area contributed by atoms with E-state index in [-0.39, 0.29) is 49.6 Å². The molecule has 93 heavy (non-hydrogen) atoms. The third kappa shape index (κ3) is 21.4. The van der Waals surface area contributed by atoms with Crippen LogP contribution in [0.3, 0.4) is 0 Å². The first-order chi connectivity index (χ1) is 44.6. The quantitative estimate of drug-likeness (QED) is 0.0153.